The summed E-state index contributed by atoms with van der Waals surface area (Å²) in [4.78, 5) is 0. The topological polar surface area (TPSA) is 12.0 Å². The number of fused-ring (bicyclic) bond motifs is 1. The van der Waals surface area contributed by atoms with Gasteiger partial charge in [0.05, 0.1) is 0 Å². The van der Waals surface area contributed by atoms with Crippen LogP contribution in [0.1, 0.15) is 22.3 Å². The normalized spacial score (nSPS) is 12.7. The highest BCUT2D eigenvalue weighted by Gasteiger charge is 2.08. The molecule has 0 bridgehead atoms. The minimum atomic E-state index is 0.792. The molecule has 0 saturated carbocycles. The van der Waals surface area contributed by atoms with Crippen LogP contribution in [-0.2, 0) is 19.4 Å². The number of nitrogens with one attached hydrogen (secondary N) is 1. The third-order valence-corrected chi connectivity index (χ3v) is 3.97. The van der Waals surface area contributed by atoms with Gasteiger partial charge in [-0.3, -0.25) is 0 Å². The Morgan fingerprint density at radius 2 is 1.90 bits per heavy atom. The molecule has 0 heterocycles. The molecule has 2 aromatic carbocycles. The van der Waals surface area contributed by atoms with Gasteiger partial charge < -0.3 is 5.32 Å². The maximum atomic E-state index is 5.88. The highest BCUT2D eigenvalue weighted by molar-refractivity contribution is 6.30. The molecular weight excluding hydrogens is 266 g/mol. The Morgan fingerprint density at radius 3 is 2.75 bits per heavy atom. The third-order valence-electron chi connectivity index (χ3n) is 3.72. The Balaban J connectivity index is 1.52. The third kappa shape index (κ3) is 3.12. The van der Waals surface area contributed by atoms with Crippen LogP contribution in [0.3, 0.4) is 0 Å². The summed E-state index contributed by atoms with van der Waals surface area (Å²) in [5, 5.41) is 4.29. The summed E-state index contributed by atoms with van der Waals surface area (Å²) in [5.41, 5.74) is 5.61. The van der Waals surface area contributed by atoms with Gasteiger partial charge in [0.15, 0.2) is 0 Å². The molecule has 102 valence electrons. The number of hydrogen-bond acceptors (Lipinski definition) is 1. The largest absolute Gasteiger partial charge is 0.312 e. The van der Waals surface area contributed by atoms with Gasteiger partial charge in [0.2, 0.25) is 0 Å². The summed E-state index contributed by atoms with van der Waals surface area (Å²) in [7, 11) is 0. The maximum absolute atomic E-state index is 5.88. The van der Waals surface area contributed by atoms with Gasteiger partial charge >= 0.3 is 0 Å². The van der Waals surface area contributed by atoms with Gasteiger partial charge in [-0.05, 0) is 53.8 Å². The lowest BCUT2D eigenvalue weighted by molar-refractivity contribution is 0.686. The van der Waals surface area contributed by atoms with Crippen molar-refractivity contribution in [2.75, 3.05) is 6.54 Å². The van der Waals surface area contributed by atoms with Crippen molar-refractivity contribution in [1.29, 1.82) is 0 Å². The van der Waals surface area contributed by atoms with Gasteiger partial charge in [-0.25, -0.2) is 0 Å². The van der Waals surface area contributed by atoms with Crippen LogP contribution < -0.4 is 5.32 Å². The van der Waals surface area contributed by atoms with Gasteiger partial charge in [-0.1, -0.05) is 54.1 Å². The lowest BCUT2D eigenvalue weighted by Crippen LogP contribution is -2.17. The van der Waals surface area contributed by atoms with Crippen LogP contribution in [0.5, 0.6) is 0 Å². The Labute approximate surface area is 125 Å². The summed E-state index contributed by atoms with van der Waals surface area (Å²) in [6.07, 6.45) is 6.65. The van der Waals surface area contributed by atoms with E-state index in [0.29, 0.717) is 0 Å². The zero-order valence-corrected chi connectivity index (χ0v) is 12.2. The van der Waals surface area contributed by atoms with E-state index < -0.39 is 0 Å². The molecule has 1 aliphatic carbocycles. The van der Waals surface area contributed by atoms with E-state index in [2.05, 4.69) is 47.8 Å². The Morgan fingerprint density at radius 1 is 1.05 bits per heavy atom. The molecule has 1 N–H and O–H groups in total. The van der Waals surface area contributed by atoms with Crippen molar-refractivity contribution in [3.63, 3.8) is 0 Å². The Kier molecular flexibility index (Phi) is 4.19. The van der Waals surface area contributed by atoms with E-state index in [9.17, 15) is 0 Å². The summed E-state index contributed by atoms with van der Waals surface area (Å²) in [5.74, 6) is 0. The molecule has 0 amide bonds. The highest BCUT2D eigenvalue weighted by atomic mass is 35.5. The van der Waals surface area contributed by atoms with Crippen molar-refractivity contribution in [2.24, 2.45) is 0 Å². The molecule has 2 heteroatoms. The van der Waals surface area contributed by atoms with Gasteiger partial charge in [-0.15, -0.1) is 0 Å². The monoisotopic (exact) mass is 283 g/mol. The zero-order valence-electron chi connectivity index (χ0n) is 11.4. The molecule has 0 aromatic heterocycles. The van der Waals surface area contributed by atoms with Crippen molar-refractivity contribution in [3.8, 4) is 0 Å². The SMILES string of the molecule is Clc1ccc(CNCCc2cccc3c2C=CC3)cc1. The van der Waals surface area contributed by atoms with Crippen molar-refractivity contribution in [2.45, 2.75) is 19.4 Å². The van der Waals surface area contributed by atoms with Crippen LogP contribution in [0.25, 0.3) is 6.08 Å². The van der Waals surface area contributed by atoms with Gasteiger partial charge in [0.25, 0.3) is 0 Å². The first-order valence-electron chi connectivity index (χ1n) is 7.05. The molecule has 0 aliphatic heterocycles. The molecule has 0 unspecified atom stereocenters. The molecule has 0 radical (unpaired) electrons. The summed E-state index contributed by atoms with van der Waals surface area (Å²) in [6, 6.07) is 14.6. The fourth-order valence-corrected chi connectivity index (χ4v) is 2.76. The molecule has 0 fully saturated rings. The van der Waals surface area contributed by atoms with Crippen LogP contribution >= 0.6 is 11.6 Å². The van der Waals surface area contributed by atoms with E-state index in [1.165, 1.54) is 22.3 Å². The Hall–Kier alpha value is -1.57. The number of hydrogen-bond donors (Lipinski definition) is 1. The molecule has 1 nitrogen and oxygen atoms in total. The molecule has 2 aromatic rings. The van der Waals surface area contributed by atoms with Gasteiger partial charge in [-0.2, -0.15) is 0 Å². The quantitative estimate of drug-likeness (QED) is 0.809. The van der Waals surface area contributed by atoms with Crippen molar-refractivity contribution < 1.29 is 0 Å². The minimum Gasteiger partial charge on any atom is -0.312 e. The van der Waals surface area contributed by atoms with Crippen LogP contribution in [0.2, 0.25) is 5.02 Å². The molecule has 20 heavy (non-hydrogen) atoms. The minimum absolute atomic E-state index is 0.792. The van der Waals surface area contributed by atoms with Crippen molar-refractivity contribution >= 4 is 17.7 Å². The molecule has 0 atom stereocenters. The number of benzene rings is 2. The summed E-state index contributed by atoms with van der Waals surface area (Å²) in [6.45, 7) is 1.88. The van der Waals surface area contributed by atoms with E-state index in [1.807, 2.05) is 12.1 Å². The zero-order chi connectivity index (χ0) is 13.8. The standard InChI is InChI=1S/C18H18ClN/c19-17-9-7-14(8-10-17)13-20-12-11-16-4-1-3-15-5-2-6-18(15)16/h1-4,6-10,20H,5,11-13H2. The average Bonchev–Trinajstić information content (AvgIpc) is 2.94. The van der Waals surface area contributed by atoms with E-state index in [-0.39, 0.29) is 0 Å². The summed E-state index contributed by atoms with van der Waals surface area (Å²) < 4.78 is 0. The fourth-order valence-electron chi connectivity index (χ4n) is 2.64. The van der Waals surface area contributed by atoms with E-state index in [0.717, 1.165) is 31.0 Å². The lowest BCUT2D eigenvalue weighted by Gasteiger charge is -2.09. The van der Waals surface area contributed by atoms with E-state index >= 15 is 0 Å². The van der Waals surface area contributed by atoms with Crippen molar-refractivity contribution in [3.05, 3.63) is 75.8 Å². The van der Waals surface area contributed by atoms with Crippen LogP contribution in [-0.4, -0.2) is 6.54 Å². The second kappa shape index (κ2) is 6.25. The van der Waals surface area contributed by atoms with E-state index in [1.54, 1.807) is 0 Å². The molecule has 0 spiro atoms. The first-order valence-corrected chi connectivity index (χ1v) is 7.43. The summed E-state index contributed by atoms with van der Waals surface area (Å²) >= 11 is 5.88. The molecule has 0 saturated heterocycles. The maximum Gasteiger partial charge on any atom is 0.0406 e. The first-order chi connectivity index (χ1) is 9.83. The van der Waals surface area contributed by atoms with Crippen LogP contribution in [0.15, 0.2) is 48.5 Å². The van der Waals surface area contributed by atoms with E-state index in [4.69, 9.17) is 11.6 Å². The van der Waals surface area contributed by atoms with Crippen LogP contribution in [0, 0.1) is 0 Å². The number of halogens is 1. The Bertz CT molecular complexity index is 614. The average molecular weight is 284 g/mol. The predicted molar refractivity (Wildman–Crippen MR) is 86.0 cm³/mol. The second-order valence-electron chi connectivity index (χ2n) is 5.15. The van der Waals surface area contributed by atoms with Gasteiger partial charge in [0.1, 0.15) is 0 Å². The van der Waals surface area contributed by atoms with Crippen LogP contribution in [0.4, 0.5) is 0 Å². The molecular formula is C18H18ClN. The second-order valence-corrected chi connectivity index (χ2v) is 5.59. The van der Waals surface area contributed by atoms with Gasteiger partial charge in [0, 0.05) is 11.6 Å². The smallest absolute Gasteiger partial charge is 0.0406 e. The van der Waals surface area contributed by atoms with Crippen molar-refractivity contribution in [1.82, 2.24) is 5.32 Å². The number of rotatable bonds is 5. The predicted octanol–water partition coefficient (Wildman–Crippen LogP) is 4.24. The fraction of sp³-hybridized carbons (Fsp3) is 0.222. The molecule has 3 rings (SSSR count). The lowest BCUT2D eigenvalue weighted by atomic mass is 10.0. The number of allylic oxidation sites excluding steroid dienone is 1. The highest BCUT2D eigenvalue weighted by Crippen LogP contribution is 2.23. The first kappa shape index (κ1) is 13.4. The molecule has 1 aliphatic rings.